The molecule has 4 aromatic rings. The third-order valence-corrected chi connectivity index (χ3v) is 8.15. The van der Waals surface area contributed by atoms with E-state index in [1.807, 2.05) is 22.9 Å². The third-order valence-electron chi connectivity index (χ3n) is 5.16. The maximum atomic E-state index is 13.2. The number of thiophene rings is 2. The first-order valence-corrected chi connectivity index (χ1v) is 13.7. The molecule has 11 heteroatoms. The van der Waals surface area contributed by atoms with Gasteiger partial charge in [-0.15, -0.1) is 34.0 Å². The van der Waals surface area contributed by atoms with Gasteiger partial charge in [-0.3, -0.25) is 4.79 Å². The molecule has 0 saturated carbocycles. The van der Waals surface area contributed by atoms with Gasteiger partial charge in [0.15, 0.2) is 0 Å². The summed E-state index contributed by atoms with van der Waals surface area (Å²) in [6, 6.07) is 13.1. The topological polar surface area (TPSA) is 113 Å². The first-order valence-electron chi connectivity index (χ1n) is 11.1. The van der Waals surface area contributed by atoms with E-state index in [4.69, 9.17) is 9.47 Å². The number of nitrogens with zero attached hydrogens (tertiary/aromatic N) is 2. The summed E-state index contributed by atoms with van der Waals surface area (Å²) in [4.78, 5) is 31.9. The molecule has 1 amide bonds. The second-order valence-corrected chi connectivity index (χ2v) is 10.3. The SMILES string of the molecule is CCOC(=O)c1c(NC=C(C#N)c2nc(-c3cccs3)cs2)sc(C(=O)Nc2ccccc2OC)c1C. The lowest BCUT2D eigenvalue weighted by molar-refractivity contribution is 0.0527. The standard InChI is InChI=1S/C26H22N4O4S3/c1-4-34-26(32)21-15(2)22(23(31)29-17-8-5-6-9-19(17)33-3)37-25(21)28-13-16(12-27)24-30-18(14-36-24)20-10-7-11-35-20/h5-11,13-14,28H,4H2,1-3H3,(H,29,31). The Labute approximate surface area is 225 Å². The van der Waals surface area contributed by atoms with Crippen LogP contribution in [0.4, 0.5) is 10.7 Å². The number of esters is 1. The molecular formula is C26H22N4O4S3. The van der Waals surface area contributed by atoms with Gasteiger partial charge in [-0.25, -0.2) is 9.78 Å². The van der Waals surface area contributed by atoms with Gasteiger partial charge in [0.05, 0.1) is 40.4 Å². The van der Waals surface area contributed by atoms with Crippen molar-refractivity contribution >= 4 is 62.1 Å². The van der Waals surface area contributed by atoms with E-state index in [2.05, 4.69) is 21.7 Å². The number of hydrogen-bond donors (Lipinski definition) is 2. The molecule has 0 saturated heterocycles. The van der Waals surface area contributed by atoms with Crippen LogP contribution >= 0.6 is 34.0 Å². The number of amides is 1. The molecule has 3 aromatic heterocycles. The second-order valence-electron chi connectivity index (χ2n) is 7.46. The van der Waals surface area contributed by atoms with Crippen LogP contribution in [-0.4, -0.2) is 30.6 Å². The van der Waals surface area contributed by atoms with Crippen LogP contribution in [0.2, 0.25) is 0 Å². The Hall–Kier alpha value is -3.98. The van der Waals surface area contributed by atoms with Crippen molar-refractivity contribution in [3.8, 4) is 22.4 Å². The summed E-state index contributed by atoms with van der Waals surface area (Å²) >= 11 is 4.02. The van der Waals surface area contributed by atoms with Crippen molar-refractivity contribution in [2.45, 2.75) is 13.8 Å². The molecule has 0 spiro atoms. The zero-order chi connectivity index (χ0) is 26.4. The van der Waals surface area contributed by atoms with Crippen LogP contribution in [0.3, 0.4) is 0 Å². The fraction of sp³-hybridized carbons (Fsp3) is 0.154. The summed E-state index contributed by atoms with van der Waals surface area (Å²) in [5, 5.41) is 20.4. The molecule has 0 aliphatic heterocycles. The predicted octanol–water partition coefficient (Wildman–Crippen LogP) is 6.66. The summed E-state index contributed by atoms with van der Waals surface area (Å²) in [6.45, 7) is 3.58. The van der Waals surface area contributed by atoms with Crippen molar-refractivity contribution in [1.29, 1.82) is 5.26 Å². The summed E-state index contributed by atoms with van der Waals surface area (Å²) in [7, 11) is 1.52. The molecule has 0 radical (unpaired) electrons. The summed E-state index contributed by atoms with van der Waals surface area (Å²) in [6.07, 6.45) is 1.49. The Morgan fingerprint density at radius 2 is 2.00 bits per heavy atom. The molecule has 1 aromatic carbocycles. The molecule has 0 aliphatic carbocycles. The van der Waals surface area contributed by atoms with E-state index in [9.17, 15) is 14.9 Å². The second kappa shape index (κ2) is 11.8. The lowest BCUT2D eigenvalue weighted by Gasteiger charge is -2.09. The van der Waals surface area contributed by atoms with E-state index >= 15 is 0 Å². The van der Waals surface area contributed by atoms with Gasteiger partial charge < -0.3 is 20.1 Å². The number of rotatable bonds is 9. The van der Waals surface area contributed by atoms with Crippen molar-refractivity contribution in [1.82, 2.24) is 4.98 Å². The molecule has 4 rings (SSSR count). The Kier molecular flexibility index (Phi) is 8.35. The summed E-state index contributed by atoms with van der Waals surface area (Å²) in [5.41, 5.74) is 2.31. The molecule has 2 N–H and O–H groups in total. The molecule has 0 aliphatic rings. The molecule has 3 heterocycles. The predicted molar refractivity (Wildman–Crippen MR) is 149 cm³/mol. The van der Waals surface area contributed by atoms with Crippen LogP contribution in [0, 0.1) is 18.3 Å². The normalized spacial score (nSPS) is 11.0. The van der Waals surface area contributed by atoms with Crippen molar-refractivity contribution in [3.05, 3.63) is 74.4 Å². The van der Waals surface area contributed by atoms with E-state index in [1.54, 1.807) is 49.4 Å². The van der Waals surface area contributed by atoms with Crippen LogP contribution < -0.4 is 15.4 Å². The summed E-state index contributed by atoms with van der Waals surface area (Å²) < 4.78 is 10.6. The lowest BCUT2D eigenvalue weighted by atomic mass is 10.1. The van der Waals surface area contributed by atoms with Gasteiger partial charge in [-0.2, -0.15) is 5.26 Å². The number of para-hydroxylation sites is 2. The lowest BCUT2D eigenvalue weighted by Crippen LogP contribution is -2.13. The van der Waals surface area contributed by atoms with Crippen molar-refractivity contribution in [3.63, 3.8) is 0 Å². The van der Waals surface area contributed by atoms with Gasteiger partial charge in [0.25, 0.3) is 5.91 Å². The van der Waals surface area contributed by atoms with Gasteiger partial charge in [-0.05, 0) is 43.0 Å². The largest absolute Gasteiger partial charge is 0.495 e. The zero-order valence-electron chi connectivity index (χ0n) is 20.2. The highest BCUT2D eigenvalue weighted by molar-refractivity contribution is 7.18. The average molecular weight is 551 g/mol. The van der Waals surface area contributed by atoms with Gasteiger partial charge >= 0.3 is 5.97 Å². The van der Waals surface area contributed by atoms with E-state index in [1.165, 1.54) is 24.6 Å². The molecular weight excluding hydrogens is 529 g/mol. The number of aromatic nitrogens is 1. The third kappa shape index (κ3) is 5.72. The van der Waals surface area contributed by atoms with Crippen molar-refractivity contribution in [2.75, 3.05) is 24.4 Å². The van der Waals surface area contributed by atoms with Crippen LogP contribution in [0.5, 0.6) is 5.75 Å². The maximum absolute atomic E-state index is 13.2. The fourth-order valence-electron chi connectivity index (χ4n) is 3.42. The minimum Gasteiger partial charge on any atom is -0.495 e. The Bertz CT molecular complexity index is 1500. The van der Waals surface area contributed by atoms with E-state index in [0.29, 0.717) is 37.5 Å². The fourth-order valence-corrected chi connectivity index (χ4v) is 6.03. The number of benzene rings is 1. The van der Waals surface area contributed by atoms with E-state index in [0.717, 1.165) is 21.9 Å². The number of nitriles is 1. The zero-order valence-corrected chi connectivity index (χ0v) is 22.6. The van der Waals surface area contributed by atoms with Crippen LogP contribution in [0.15, 0.2) is 53.4 Å². The van der Waals surface area contributed by atoms with Crippen molar-refractivity contribution < 1.29 is 19.1 Å². The first-order chi connectivity index (χ1) is 18.0. The smallest absolute Gasteiger partial charge is 0.341 e. The van der Waals surface area contributed by atoms with Gasteiger partial charge in [-0.1, -0.05) is 18.2 Å². The Morgan fingerprint density at radius 3 is 2.70 bits per heavy atom. The molecule has 0 bridgehead atoms. The number of thiazole rings is 1. The van der Waals surface area contributed by atoms with Gasteiger partial charge in [0, 0.05) is 11.6 Å². The first kappa shape index (κ1) is 26.1. The van der Waals surface area contributed by atoms with E-state index in [-0.39, 0.29) is 12.2 Å². The van der Waals surface area contributed by atoms with Crippen LogP contribution in [0.1, 0.15) is 37.5 Å². The Balaban J connectivity index is 1.65. The maximum Gasteiger partial charge on any atom is 0.341 e. The number of methoxy groups -OCH3 is 1. The molecule has 0 fully saturated rings. The summed E-state index contributed by atoms with van der Waals surface area (Å²) in [5.74, 6) is -0.437. The average Bonchev–Trinajstić information content (AvgIpc) is 3.65. The molecule has 0 unspecified atom stereocenters. The van der Waals surface area contributed by atoms with Crippen molar-refractivity contribution in [2.24, 2.45) is 0 Å². The highest BCUT2D eigenvalue weighted by Gasteiger charge is 2.26. The quantitative estimate of drug-likeness (QED) is 0.177. The number of anilines is 2. The van der Waals surface area contributed by atoms with Gasteiger partial charge in [0.2, 0.25) is 0 Å². The minimum atomic E-state index is -0.559. The number of hydrogen-bond acceptors (Lipinski definition) is 10. The van der Waals surface area contributed by atoms with E-state index < -0.39 is 11.9 Å². The van der Waals surface area contributed by atoms with Crippen LogP contribution in [-0.2, 0) is 4.74 Å². The number of allylic oxidation sites excluding steroid dienone is 1. The van der Waals surface area contributed by atoms with Gasteiger partial charge in [0.1, 0.15) is 27.4 Å². The molecule has 8 nitrogen and oxygen atoms in total. The highest BCUT2D eigenvalue weighted by Crippen LogP contribution is 2.36. The molecule has 0 atom stereocenters. The number of carbonyl (C=O) groups excluding carboxylic acids is 2. The van der Waals surface area contributed by atoms with Crippen LogP contribution in [0.25, 0.3) is 16.1 Å². The molecule has 37 heavy (non-hydrogen) atoms. The highest BCUT2D eigenvalue weighted by atomic mass is 32.1. The number of ether oxygens (including phenoxy) is 2. The number of carbonyl (C=O) groups is 2. The Morgan fingerprint density at radius 1 is 1.19 bits per heavy atom. The minimum absolute atomic E-state index is 0.181. The monoisotopic (exact) mass is 550 g/mol. The number of nitrogens with one attached hydrogen (secondary N) is 2. The molecule has 188 valence electrons.